The van der Waals surface area contributed by atoms with Crippen molar-refractivity contribution in [3.63, 3.8) is 0 Å². The molecule has 3 nitrogen and oxygen atoms in total. The van der Waals surface area contributed by atoms with E-state index >= 15 is 0 Å². The normalized spacial score (nSPS) is 11.0. The van der Waals surface area contributed by atoms with Crippen molar-refractivity contribution in [3.05, 3.63) is 30.3 Å². The Bertz CT molecular complexity index is 418. The van der Waals surface area contributed by atoms with Crippen molar-refractivity contribution in [1.29, 1.82) is 0 Å². The van der Waals surface area contributed by atoms with E-state index in [-0.39, 0.29) is 62.9 Å². The molecule has 1 aromatic rings. The third kappa shape index (κ3) is 8.60. The van der Waals surface area contributed by atoms with Crippen LogP contribution in [0.5, 0.6) is 0 Å². The van der Waals surface area contributed by atoms with Gasteiger partial charge in [0.2, 0.25) is 0 Å². The van der Waals surface area contributed by atoms with Gasteiger partial charge in [-0.2, -0.15) is 8.42 Å². The number of rotatable bonds is 9. The zero-order chi connectivity index (χ0) is 13.3. The van der Waals surface area contributed by atoms with Crippen LogP contribution >= 0.6 is 0 Å². The van der Waals surface area contributed by atoms with Gasteiger partial charge >= 0.3 is 0 Å². The first kappa shape index (κ1) is 19.8. The number of hydrogen-bond donors (Lipinski definition) is 0. The number of hydrogen-bond acceptors (Lipinski definition) is 3. The second-order valence-corrected chi connectivity index (χ2v) is 5.97. The maximum atomic E-state index is 11.7. The summed E-state index contributed by atoms with van der Waals surface area (Å²) in [6.45, 7) is 2.46. The van der Waals surface area contributed by atoms with Gasteiger partial charge in [0.15, 0.2) is 0 Å². The van der Waals surface area contributed by atoms with Crippen LogP contribution in [0.3, 0.4) is 0 Å². The Kier molecular flexibility index (Phi) is 11.9. The molecule has 0 atom stereocenters. The maximum Gasteiger partial charge on any atom is 0.296 e. The molecule has 1 rings (SSSR count). The minimum absolute atomic E-state index is 0. The van der Waals surface area contributed by atoms with Gasteiger partial charge in [-0.3, -0.25) is 4.18 Å². The van der Waals surface area contributed by atoms with Crippen LogP contribution in [0.1, 0.15) is 45.4 Å². The predicted molar refractivity (Wildman–Crippen MR) is 78.7 cm³/mol. The molecule has 0 heterocycles. The van der Waals surface area contributed by atoms with Gasteiger partial charge in [-0.1, -0.05) is 57.2 Å². The van der Waals surface area contributed by atoms with Gasteiger partial charge < -0.3 is 0 Å². The van der Waals surface area contributed by atoms with Crippen molar-refractivity contribution in [2.75, 3.05) is 6.61 Å². The van der Waals surface area contributed by atoms with Crippen molar-refractivity contribution in [2.24, 2.45) is 0 Å². The van der Waals surface area contributed by atoms with Crippen LogP contribution in [0.4, 0.5) is 0 Å². The van der Waals surface area contributed by atoms with E-state index in [1.165, 1.54) is 19.3 Å². The van der Waals surface area contributed by atoms with Crippen molar-refractivity contribution in [1.82, 2.24) is 0 Å². The molecule has 0 aliphatic heterocycles. The average molecular weight is 309 g/mol. The van der Waals surface area contributed by atoms with Crippen LogP contribution in [-0.2, 0) is 14.3 Å². The van der Waals surface area contributed by atoms with Crippen LogP contribution in [0.2, 0.25) is 0 Å². The molecule has 0 amide bonds. The smallest absolute Gasteiger partial charge is 0.266 e. The van der Waals surface area contributed by atoms with E-state index in [0.29, 0.717) is 0 Å². The molecule has 5 heteroatoms. The molecule has 0 bridgehead atoms. The van der Waals surface area contributed by atoms with Gasteiger partial charge in [0.1, 0.15) is 0 Å². The number of unbranched alkanes of at least 4 members (excludes halogenated alkanes) is 5. The van der Waals surface area contributed by atoms with Crippen molar-refractivity contribution >= 4 is 61.5 Å². The maximum absolute atomic E-state index is 11.7. The SMILES string of the molecule is CCCCCCCCOS(=O)(=O)c1ccccc1.[K]. The van der Waals surface area contributed by atoms with Crippen LogP contribution in [0.15, 0.2) is 35.2 Å². The Morgan fingerprint density at radius 3 is 2.16 bits per heavy atom. The van der Waals surface area contributed by atoms with Crippen LogP contribution < -0.4 is 0 Å². The van der Waals surface area contributed by atoms with Gasteiger partial charge in [-0.15, -0.1) is 0 Å². The van der Waals surface area contributed by atoms with E-state index in [2.05, 4.69) is 6.92 Å². The van der Waals surface area contributed by atoms with Crippen LogP contribution in [0, 0.1) is 0 Å². The summed E-state index contributed by atoms with van der Waals surface area (Å²) in [5.74, 6) is 0. The Hall–Kier alpha value is 0.766. The van der Waals surface area contributed by atoms with Gasteiger partial charge in [0.05, 0.1) is 11.5 Å². The molecule has 0 unspecified atom stereocenters. The zero-order valence-corrected chi connectivity index (χ0v) is 15.9. The minimum Gasteiger partial charge on any atom is -0.266 e. The van der Waals surface area contributed by atoms with E-state index in [9.17, 15) is 8.42 Å². The molecule has 0 saturated heterocycles. The molecule has 19 heavy (non-hydrogen) atoms. The third-order valence-corrected chi connectivity index (χ3v) is 4.09. The Morgan fingerprint density at radius 1 is 0.947 bits per heavy atom. The molecule has 1 radical (unpaired) electrons. The quantitative estimate of drug-likeness (QED) is 0.399. The molecule has 0 aliphatic carbocycles. The van der Waals surface area contributed by atoms with E-state index in [4.69, 9.17) is 4.18 Å². The predicted octanol–water partition coefficient (Wildman–Crippen LogP) is 3.37. The van der Waals surface area contributed by atoms with Crippen LogP contribution in [0.25, 0.3) is 0 Å². The molecular formula is C14H22KO3S. The number of benzene rings is 1. The van der Waals surface area contributed by atoms with Gasteiger partial charge in [-0.25, -0.2) is 0 Å². The summed E-state index contributed by atoms with van der Waals surface area (Å²) < 4.78 is 28.5. The Morgan fingerprint density at radius 2 is 1.53 bits per heavy atom. The Labute approximate surface area is 159 Å². The minimum atomic E-state index is -3.56. The molecule has 0 spiro atoms. The fourth-order valence-corrected chi connectivity index (χ4v) is 2.67. The van der Waals surface area contributed by atoms with E-state index < -0.39 is 10.1 Å². The first-order valence-electron chi connectivity index (χ1n) is 6.61. The fraction of sp³-hybridized carbons (Fsp3) is 0.571. The van der Waals surface area contributed by atoms with Gasteiger partial charge in [0, 0.05) is 51.4 Å². The van der Waals surface area contributed by atoms with Crippen molar-refractivity contribution in [2.45, 2.75) is 50.3 Å². The summed E-state index contributed by atoms with van der Waals surface area (Å²) in [4.78, 5) is 0.232. The summed E-state index contributed by atoms with van der Waals surface area (Å²) in [6, 6.07) is 8.28. The third-order valence-electron chi connectivity index (χ3n) is 2.77. The molecule has 0 aliphatic rings. The zero-order valence-electron chi connectivity index (χ0n) is 12.0. The monoisotopic (exact) mass is 309 g/mol. The second kappa shape index (κ2) is 11.4. The van der Waals surface area contributed by atoms with Crippen molar-refractivity contribution in [3.8, 4) is 0 Å². The van der Waals surface area contributed by atoms with Gasteiger partial charge in [0.25, 0.3) is 10.1 Å². The molecule has 0 saturated carbocycles. The van der Waals surface area contributed by atoms with E-state index in [1.807, 2.05) is 0 Å². The molecular weight excluding hydrogens is 287 g/mol. The molecule has 0 aromatic heterocycles. The van der Waals surface area contributed by atoms with Crippen molar-refractivity contribution < 1.29 is 12.6 Å². The fourth-order valence-electron chi connectivity index (χ4n) is 1.71. The van der Waals surface area contributed by atoms with E-state index in [0.717, 1.165) is 19.3 Å². The second-order valence-electron chi connectivity index (χ2n) is 4.36. The van der Waals surface area contributed by atoms with Crippen LogP contribution in [-0.4, -0.2) is 66.4 Å². The summed E-state index contributed by atoms with van der Waals surface area (Å²) in [7, 11) is -3.56. The Balaban J connectivity index is 0.00000324. The molecule has 1 aromatic carbocycles. The molecule has 0 N–H and O–H groups in total. The van der Waals surface area contributed by atoms with E-state index in [1.54, 1.807) is 30.3 Å². The largest absolute Gasteiger partial charge is 0.296 e. The first-order chi connectivity index (χ1) is 8.67. The summed E-state index contributed by atoms with van der Waals surface area (Å²) >= 11 is 0. The topological polar surface area (TPSA) is 43.4 Å². The first-order valence-corrected chi connectivity index (χ1v) is 8.02. The standard InChI is InChI=1S/C14H22O3S.K/c1-2-3-4-5-6-10-13-17-18(15,16)14-11-8-7-9-12-14;/h7-9,11-12H,2-6,10,13H2,1H3;. The average Bonchev–Trinajstić information content (AvgIpc) is 2.39. The summed E-state index contributed by atoms with van der Waals surface area (Å²) in [5.41, 5.74) is 0. The molecule has 0 fully saturated rings. The summed E-state index contributed by atoms with van der Waals surface area (Å²) in [6.07, 6.45) is 6.69. The molecule has 103 valence electrons. The summed E-state index contributed by atoms with van der Waals surface area (Å²) in [5, 5.41) is 0. The van der Waals surface area contributed by atoms with Gasteiger partial charge in [-0.05, 0) is 18.6 Å².